The highest BCUT2D eigenvalue weighted by atomic mass is 16.5. The molecule has 0 aliphatic carbocycles. The van der Waals surface area contributed by atoms with Gasteiger partial charge in [0.1, 0.15) is 5.75 Å². The van der Waals surface area contributed by atoms with Crippen LogP contribution in [0.2, 0.25) is 0 Å². The molecule has 28 heavy (non-hydrogen) atoms. The van der Waals surface area contributed by atoms with E-state index >= 15 is 0 Å². The lowest BCUT2D eigenvalue weighted by atomic mass is 10.1. The SMILES string of the molecule is Cc1ccc(OCn2ccc(C(=O)Nc3nc4ccccc4n3C)n2)c(C)c1. The number of imidazole rings is 1. The predicted octanol–water partition coefficient (Wildman–Crippen LogP) is 3.68. The third kappa shape index (κ3) is 3.46. The Bertz CT molecular complexity index is 1160. The second-order valence-electron chi connectivity index (χ2n) is 6.72. The number of carbonyl (C=O) groups excluding carboxylic acids is 1. The molecule has 0 aliphatic rings. The van der Waals surface area contributed by atoms with Crippen molar-refractivity contribution >= 4 is 22.9 Å². The summed E-state index contributed by atoms with van der Waals surface area (Å²) in [4.78, 5) is 17.0. The molecule has 0 aliphatic heterocycles. The van der Waals surface area contributed by atoms with Gasteiger partial charge in [-0.15, -0.1) is 0 Å². The monoisotopic (exact) mass is 375 g/mol. The van der Waals surface area contributed by atoms with Crippen LogP contribution in [0.5, 0.6) is 5.75 Å². The van der Waals surface area contributed by atoms with E-state index in [9.17, 15) is 4.79 Å². The van der Waals surface area contributed by atoms with Crippen molar-refractivity contribution in [1.29, 1.82) is 0 Å². The van der Waals surface area contributed by atoms with Crippen LogP contribution in [0, 0.1) is 13.8 Å². The number of fused-ring (bicyclic) bond motifs is 1. The smallest absolute Gasteiger partial charge is 0.278 e. The molecule has 1 amide bonds. The third-order valence-electron chi connectivity index (χ3n) is 4.57. The number of carbonyl (C=O) groups is 1. The Morgan fingerprint density at radius 2 is 1.96 bits per heavy atom. The third-order valence-corrected chi connectivity index (χ3v) is 4.57. The van der Waals surface area contributed by atoms with E-state index in [1.807, 2.05) is 61.9 Å². The zero-order valence-electron chi connectivity index (χ0n) is 16.0. The van der Waals surface area contributed by atoms with Gasteiger partial charge in [0.25, 0.3) is 5.91 Å². The second kappa shape index (κ2) is 7.19. The van der Waals surface area contributed by atoms with Gasteiger partial charge < -0.3 is 9.30 Å². The Kier molecular flexibility index (Phi) is 4.57. The van der Waals surface area contributed by atoms with E-state index in [0.717, 1.165) is 22.3 Å². The van der Waals surface area contributed by atoms with Crippen LogP contribution >= 0.6 is 0 Å². The minimum Gasteiger partial charge on any atom is -0.471 e. The summed E-state index contributed by atoms with van der Waals surface area (Å²) >= 11 is 0. The van der Waals surface area contributed by atoms with Crippen molar-refractivity contribution in [3.8, 4) is 5.75 Å². The summed E-state index contributed by atoms with van der Waals surface area (Å²) in [7, 11) is 1.86. The van der Waals surface area contributed by atoms with Gasteiger partial charge in [-0.05, 0) is 43.7 Å². The van der Waals surface area contributed by atoms with Crippen molar-refractivity contribution in [3.63, 3.8) is 0 Å². The number of aryl methyl sites for hydroxylation is 3. The highest BCUT2D eigenvalue weighted by Crippen LogP contribution is 2.20. The van der Waals surface area contributed by atoms with Gasteiger partial charge in [0.05, 0.1) is 11.0 Å². The largest absolute Gasteiger partial charge is 0.471 e. The number of nitrogens with zero attached hydrogens (tertiary/aromatic N) is 4. The lowest BCUT2D eigenvalue weighted by Gasteiger charge is -2.09. The van der Waals surface area contributed by atoms with Crippen LogP contribution in [0.1, 0.15) is 21.6 Å². The molecule has 4 rings (SSSR count). The maximum Gasteiger partial charge on any atom is 0.278 e. The molecule has 1 N–H and O–H groups in total. The molecule has 142 valence electrons. The number of amides is 1. The van der Waals surface area contributed by atoms with Gasteiger partial charge in [0.2, 0.25) is 5.95 Å². The molecule has 0 saturated heterocycles. The number of anilines is 1. The molecule has 0 atom stereocenters. The summed E-state index contributed by atoms with van der Waals surface area (Å²) < 4.78 is 9.23. The molecular weight excluding hydrogens is 354 g/mol. The molecule has 2 heterocycles. The summed E-state index contributed by atoms with van der Waals surface area (Å²) in [5, 5.41) is 7.11. The number of aromatic nitrogens is 4. The predicted molar refractivity (Wildman–Crippen MR) is 107 cm³/mol. The Morgan fingerprint density at radius 1 is 1.14 bits per heavy atom. The number of hydrogen-bond donors (Lipinski definition) is 1. The minimum absolute atomic E-state index is 0.226. The van der Waals surface area contributed by atoms with E-state index in [2.05, 4.69) is 21.5 Å². The van der Waals surface area contributed by atoms with Gasteiger partial charge in [0.15, 0.2) is 12.4 Å². The van der Waals surface area contributed by atoms with E-state index < -0.39 is 0 Å². The van der Waals surface area contributed by atoms with Crippen molar-refractivity contribution in [2.45, 2.75) is 20.6 Å². The van der Waals surface area contributed by atoms with Crippen LogP contribution in [0.25, 0.3) is 11.0 Å². The van der Waals surface area contributed by atoms with Crippen LogP contribution in [-0.2, 0) is 13.8 Å². The first kappa shape index (κ1) is 17.8. The summed E-state index contributed by atoms with van der Waals surface area (Å²) in [6.45, 7) is 4.27. The van der Waals surface area contributed by atoms with Gasteiger partial charge in [-0.2, -0.15) is 5.10 Å². The Hall–Kier alpha value is -3.61. The van der Waals surface area contributed by atoms with E-state index in [1.165, 1.54) is 5.56 Å². The quantitative estimate of drug-likeness (QED) is 0.577. The number of hydrogen-bond acceptors (Lipinski definition) is 4. The molecule has 7 heteroatoms. The van der Waals surface area contributed by atoms with Crippen LogP contribution in [0.15, 0.2) is 54.7 Å². The molecule has 4 aromatic rings. The zero-order valence-corrected chi connectivity index (χ0v) is 16.0. The molecule has 2 aromatic heterocycles. The molecule has 2 aromatic carbocycles. The average molecular weight is 375 g/mol. The lowest BCUT2D eigenvalue weighted by Crippen LogP contribution is -2.16. The molecule has 0 spiro atoms. The van der Waals surface area contributed by atoms with Crippen molar-refractivity contribution < 1.29 is 9.53 Å². The van der Waals surface area contributed by atoms with E-state index in [-0.39, 0.29) is 12.6 Å². The summed E-state index contributed by atoms with van der Waals surface area (Å²) in [5.74, 6) is 0.961. The summed E-state index contributed by atoms with van der Waals surface area (Å²) in [6.07, 6.45) is 1.72. The van der Waals surface area contributed by atoms with Crippen molar-refractivity contribution in [3.05, 3.63) is 71.5 Å². The first-order valence-electron chi connectivity index (χ1n) is 8.97. The van der Waals surface area contributed by atoms with Crippen molar-refractivity contribution in [2.75, 3.05) is 5.32 Å². The summed E-state index contributed by atoms with van der Waals surface area (Å²) in [6, 6.07) is 15.4. The Labute approximate surface area is 162 Å². The molecule has 0 bridgehead atoms. The number of para-hydroxylation sites is 2. The van der Waals surface area contributed by atoms with E-state index in [0.29, 0.717) is 11.6 Å². The van der Waals surface area contributed by atoms with E-state index in [4.69, 9.17) is 4.74 Å². The molecule has 0 saturated carbocycles. The Balaban J connectivity index is 1.44. The second-order valence-corrected chi connectivity index (χ2v) is 6.72. The maximum atomic E-state index is 12.5. The van der Waals surface area contributed by atoms with Gasteiger partial charge in [0, 0.05) is 13.2 Å². The highest BCUT2D eigenvalue weighted by Gasteiger charge is 2.14. The lowest BCUT2D eigenvalue weighted by molar-refractivity contribution is 0.101. The fourth-order valence-electron chi connectivity index (χ4n) is 3.07. The molecule has 0 unspecified atom stereocenters. The normalized spacial score (nSPS) is 11.0. The molecule has 0 radical (unpaired) electrons. The first-order chi connectivity index (χ1) is 13.5. The van der Waals surface area contributed by atoms with Crippen LogP contribution in [-0.4, -0.2) is 25.2 Å². The van der Waals surface area contributed by atoms with Crippen molar-refractivity contribution in [1.82, 2.24) is 19.3 Å². The van der Waals surface area contributed by atoms with Crippen LogP contribution in [0.4, 0.5) is 5.95 Å². The van der Waals surface area contributed by atoms with Gasteiger partial charge in [-0.3, -0.25) is 10.1 Å². The fourth-order valence-corrected chi connectivity index (χ4v) is 3.07. The maximum absolute atomic E-state index is 12.5. The highest BCUT2D eigenvalue weighted by molar-refractivity contribution is 6.02. The van der Waals surface area contributed by atoms with E-state index in [1.54, 1.807) is 16.9 Å². The average Bonchev–Trinajstić information content (AvgIpc) is 3.27. The molecular formula is C21H21N5O2. The van der Waals surface area contributed by atoms with Gasteiger partial charge in [-0.1, -0.05) is 29.8 Å². The van der Waals surface area contributed by atoms with Gasteiger partial charge in [-0.25, -0.2) is 9.67 Å². The number of ether oxygens (including phenoxy) is 1. The minimum atomic E-state index is -0.316. The number of benzene rings is 2. The van der Waals surface area contributed by atoms with Crippen LogP contribution in [0.3, 0.4) is 0 Å². The van der Waals surface area contributed by atoms with Gasteiger partial charge >= 0.3 is 0 Å². The topological polar surface area (TPSA) is 74.0 Å². The zero-order chi connectivity index (χ0) is 19.7. The van der Waals surface area contributed by atoms with Crippen LogP contribution < -0.4 is 10.1 Å². The summed E-state index contributed by atoms with van der Waals surface area (Å²) in [5.41, 5.74) is 4.32. The van der Waals surface area contributed by atoms with Crippen molar-refractivity contribution in [2.24, 2.45) is 7.05 Å². The number of nitrogens with one attached hydrogen (secondary N) is 1. The molecule has 0 fully saturated rings. The first-order valence-corrected chi connectivity index (χ1v) is 8.97. The Morgan fingerprint density at radius 3 is 2.75 bits per heavy atom. The molecule has 7 nitrogen and oxygen atoms in total. The fraction of sp³-hybridized carbons (Fsp3) is 0.190. The standard InChI is InChI=1S/C21H21N5O2/c1-14-8-9-19(15(2)12-14)28-13-26-11-10-17(24-26)20(27)23-21-22-16-6-4-5-7-18(16)25(21)3/h4-12H,13H2,1-3H3,(H,22,23,27). The number of rotatable bonds is 5.